The van der Waals surface area contributed by atoms with Gasteiger partial charge >= 0.3 is 47.2 Å². The molecule has 0 N–H and O–H groups in total. The average molecular weight is 1240 g/mol. The van der Waals surface area contributed by atoms with Crippen molar-refractivity contribution in [2.75, 3.05) is 0 Å². The Balaban J connectivity index is 0.000000161. The maximum atomic E-state index is 11.0. The molecule has 0 aliphatic heterocycles. The molecular formula is C70H62B2N12Ni2O2. The Hall–Kier alpha value is -10.3. The first-order valence-electron chi connectivity index (χ1n) is 28.6. The number of rotatable bonds is 12. The van der Waals surface area contributed by atoms with Crippen LogP contribution in [0.25, 0.3) is 67.5 Å². The van der Waals surface area contributed by atoms with Gasteiger partial charge in [0.15, 0.2) is 0 Å². The monoisotopic (exact) mass is 1240 g/mol. The van der Waals surface area contributed by atoms with Crippen molar-refractivity contribution in [3.8, 4) is 79.0 Å². The number of aromatic nitrogens is 12. The van der Waals surface area contributed by atoms with Gasteiger partial charge < -0.3 is 37.8 Å². The molecule has 0 radical (unpaired) electrons. The van der Waals surface area contributed by atoms with Gasteiger partial charge in [-0.25, -0.2) is 30.6 Å². The number of benzene rings is 8. The van der Waals surface area contributed by atoms with E-state index in [0.29, 0.717) is 0 Å². The van der Waals surface area contributed by atoms with Gasteiger partial charge in [-0.15, -0.1) is 11.5 Å². The molecule has 0 aliphatic carbocycles. The van der Waals surface area contributed by atoms with E-state index >= 15 is 0 Å². The fraction of sp³-hybridized carbons (Fsp3) is 0.0571. The van der Waals surface area contributed by atoms with Gasteiger partial charge in [0.25, 0.3) is 0 Å². The second-order valence-corrected chi connectivity index (χ2v) is 20.9. The molecule has 14 aromatic rings. The SMILES string of the molecule is Cc1cccc(C)c1[O-].Cc1cccc(C)c1[O-].[Ni+2].[Ni+2].c1ccc(-c2ccn([BH-](n3ccc(-c4ccccc4)n3)n3ccc(-c4ccccc4)n3)n2)cc1.c1ccc(-c2ccn([BH-](n3ccc(-c4ccccc4)n3)n3ccc(-c4ccccc4)n3)n2)cc1. The number of nitrogens with zero attached hydrogens (tertiary/aromatic N) is 12. The van der Waals surface area contributed by atoms with Gasteiger partial charge in [-0.1, -0.05) is 241 Å². The van der Waals surface area contributed by atoms with Crippen molar-refractivity contribution >= 4 is 14.2 Å². The van der Waals surface area contributed by atoms with E-state index in [9.17, 15) is 10.2 Å². The van der Waals surface area contributed by atoms with Gasteiger partial charge in [-0.3, -0.25) is 0 Å². The van der Waals surface area contributed by atoms with Gasteiger partial charge in [0.2, 0.25) is 0 Å². The molecule has 0 atom stereocenters. The predicted octanol–water partition coefficient (Wildman–Crippen LogP) is 12.6. The van der Waals surface area contributed by atoms with Crippen LogP contribution in [-0.4, -0.2) is 72.4 Å². The number of para-hydroxylation sites is 2. The molecule has 14 nitrogen and oxygen atoms in total. The van der Waals surface area contributed by atoms with Crippen LogP contribution in [0.2, 0.25) is 0 Å². The molecule has 6 heterocycles. The largest absolute Gasteiger partial charge is 2.00 e. The van der Waals surface area contributed by atoms with Crippen LogP contribution in [0.1, 0.15) is 22.3 Å². The second-order valence-electron chi connectivity index (χ2n) is 20.9. The standard InChI is InChI=1S/2C27H22BN6.2C8H10O.2Ni/c2*1-4-10-22(11-5-1)25-16-19-32(29-25)28(33-20-17-26(30-33)23-12-6-2-7-13-23)34-21-18-27(31-34)24-14-8-3-9-15-24;2*1-6-4-3-5-7(2)8(6)9;;/h2*1-21,28H;2*3-5,9H,1-2H3;;/q2*-1;;;2*+2/p-2. The molecule has 0 amide bonds. The Labute approximate surface area is 533 Å². The summed E-state index contributed by atoms with van der Waals surface area (Å²) < 4.78 is 11.9. The van der Waals surface area contributed by atoms with Gasteiger partial charge in [0.1, 0.15) is 0 Å². The molecule has 0 bridgehead atoms. The first kappa shape index (κ1) is 62.3. The molecule has 440 valence electrons. The van der Waals surface area contributed by atoms with E-state index < -0.39 is 14.2 Å². The minimum atomic E-state index is -1.48. The summed E-state index contributed by atoms with van der Waals surface area (Å²) >= 11 is 0. The van der Waals surface area contributed by atoms with Gasteiger partial charge in [-0.2, -0.15) is 0 Å². The minimum absolute atomic E-state index is 0. The Morgan fingerprint density at radius 2 is 0.386 bits per heavy atom. The zero-order valence-corrected chi connectivity index (χ0v) is 50.9. The summed E-state index contributed by atoms with van der Waals surface area (Å²) in [6.45, 7) is 7.31. The van der Waals surface area contributed by atoms with Gasteiger partial charge in [0.05, 0.1) is 34.2 Å². The van der Waals surface area contributed by atoms with Crippen LogP contribution in [0.4, 0.5) is 0 Å². The molecule has 0 saturated heterocycles. The van der Waals surface area contributed by atoms with Crippen LogP contribution >= 0.6 is 0 Å². The second kappa shape index (κ2) is 29.7. The molecule has 8 aromatic carbocycles. The van der Waals surface area contributed by atoms with Crippen LogP contribution in [0.5, 0.6) is 11.5 Å². The van der Waals surface area contributed by atoms with E-state index in [1.165, 1.54) is 0 Å². The average Bonchev–Trinajstić information content (AvgIpc) is 3.27. The third-order valence-electron chi connectivity index (χ3n) is 14.8. The maximum Gasteiger partial charge on any atom is 2.00 e. The molecule has 0 fully saturated rings. The molecule has 0 unspecified atom stereocenters. The minimum Gasteiger partial charge on any atom is -0.872 e. The van der Waals surface area contributed by atoms with E-state index in [1.54, 1.807) is 0 Å². The molecule has 0 aliphatic rings. The summed E-state index contributed by atoms with van der Waals surface area (Å²) in [4.78, 5) is 0. The van der Waals surface area contributed by atoms with Crippen molar-refractivity contribution in [3.63, 3.8) is 0 Å². The topological polar surface area (TPSA) is 153 Å². The van der Waals surface area contributed by atoms with Crippen molar-refractivity contribution in [1.29, 1.82) is 0 Å². The smallest absolute Gasteiger partial charge is 0.872 e. The van der Waals surface area contributed by atoms with Crippen molar-refractivity contribution < 1.29 is 43.2 Å². The molecule has 0 spiro atoms. The van der Waals surface area contributed by atoms with Crippen LogP contribution in [0.15, 0.2) is 292 Å². The Morgan fingerprint density at radius 3 is 0.534 bits per heavy atom. The fourth-order valence-corrected chi connectivity index (χ4v) is 10.2. The van der Waals surface area contributed by atoms with E-state index in [-0.39, 0.29) is 44.5 Å². The van der Waals surface area contributed by atoms with Crippen molar-refractivity contribution in [1.82, 2.24) is 58.1 Å². The first-order chi connectivity index (χ1) is 42.1. The summed E-state index contributed by atoms with van der Waals surface area (Å²) in [7, 11) is -2.96. The quantitative estimate of drug-likeness (QED) is 0.110. The maximum absolute atomic E-state index is 11.0. The van der Waals surface area contributed by atoms with E-state index in [1.807, 2.05) is 274 Å². The Kier molecular flexibility index (Phi) is 21.0. The number of hydrogen-bond donors (Lipinski definition) is 0. The number of aryl methyl sites for hydroxylation is 4. The van der Waals surface area contributed by atoms with E-state index in [0.717, 1.165) is 89.8 Å². The van der Waals surface area contributed by atoms with Crippen LogP contribution < -0.4 is 10.2 Å². The van der Waals surface area contributed by atoms with Gasteiger partial charge in [0, 0.05) is 33.4 Å². The molecule has 18 heteroatoms. The normalized spacial score (nSPS) is 10.6. The zero-order valence-electron chi connectivity index (χ0n) is 48.9. The van der Waals surface area contributed by atoms with Crippen molar-refractivity contribution in [2.45, 2.75) is 27.7 Å². The third-order valence-corrected chi connectivity index (χ3v) is 14.8. The summed E-state index contributed by atoms with van der Waals surface area (Å²) in [6.07, 6.45) is 12.1. The zero-order chi connectivity index (χ0) is 59.2. The summed E-state index contributed by atoms with van der Waals surface area (Å²) in [5, 5.41) is 51.5. The van der Waals surface area contributed by atoms with E-state index in [4.69, 9.17) is 30.6 Å². The van der Waals surface area contributed by atoms with E-state index in [2.05, 4.69) is 72.8 Å². The third kappa shape index (κ3) is 15.0. The van der Waals surface area contributed by atoms with Crippen molar-refractivity contribution in [3.05, 3.63) is 314 Å². The number of hydrogen-bond acceptors (Lipinski definition) is 8. The first-order valence-corrected chi connectivity index (χ1v) is 28.6. The molecule has 6 aromatic heterocycles. The van der Waals surface area contributed by atoms with Crippen LogP contribution in [0, 0.1) is 27.7 Å². The predicted molar refractivity (Wildman–Crippen MR) is 343 cm³/mol. The molecule has 14 rings (SSSR count). The summed E-state index contributed by atoms with van der Waals surface area (Å²) in [5.41, 5.74) is 15.3. The Bertz CT molecular complexity index is 3710. The molecule has 88 heavy (non-hydrogen) atoms. The van der Waals surface area contributed by atoms with Crippen LogP contribution in [-0.2, 0) is 33.0 Å². The fourth-order valence-electron chi connectivity index (χ4n) is 10.2. The van der Waals surface area contributed by atoms with Crippen molar-refractivity contribution in [2.24, 2.45) is 0 Å². The summed E-state index contributed by atoms with van der Waals surface area (Å²) in [5.74, 6) is 0.329. The molecule has 0 saturated carbocycles. The summed E-state index contributed by atoms with van der Waals surface area (Å²) in [6, 6.07) is 84.6. The van der Waals surface area contributed by atoms with Crippen LogP contribution in [0.3, 0.4) is 0 Å². The molecular weight excluding hydrogens is 1180 g/mol. The Morgan fingerprint density at radius 1 is 0.227 bits per heavy atom. The van der Waals surface area contributed by atoms with Gasteiger partial charge in [-0.05, 0) is 101 Å².